The lowest BCUT2D eigenvalue weighted by atomic mass is 9.92. The third kappa shape index (κ3) is 5.12. The van der Waals surface area contributed by atoms with Gasteiger partial charge in [0.05, 0.1) is 44.0 Å². The van der Waals surface area contributed by atoms with E-state index in [-0.39, 0.29) is 18.4 Å². The molecule has 2 aromatic rings. The van der Waals surface area contributed by atoms with Gasteiger partial charge in [0, 0.05) is 5.70 Å². The van der Waals surface area contributed by atoms with Crippen LogP contribution in [0.25, 0.3) is 0 Å². The number of fused-ring (bicyclic) bond motifs is 1. The number of rotatable bonds is 8. The number of amidine groups is 1. The topological polar surface area (TPSA) is 80.2 Å². The third-order valence-corrected chi connectivity index (χ3v) is 6.95. The Balaban J connectivity index is 1.66. The van der Waals surface area contributed by atoms with Crippen LogP contribution in [0.2, 0.25) is 0 Å². The number of allylic oxidation sites excluding steroid dienone is 1. The summed E-state index contributed by atoms with van der Waals surface area (Å²) < 4.78 is 10.6. The Kier molecular flexibility index (Phi) is 7.60. The lowest BCUT2D eigenvalue weighted by molar-refractivity contribution is -0.136. The first-order chi connectivity index (χ1) is 17.0. The largest absolute Gasteiger partial charge is 0.497 e. The lowest BCUT2D eigenvalue weighted by Gasteiger charge is -2.36. The number of benzene rings is 2. The second-order valence-corrected chi connectivity index (χ2v) is 9.09. The molecule has 0 spiro atoms. The van der Waals surface area contributed by atoms with Crippen LogP contribution in [0, 0.1) is 0 Å². The standard InChI is InChI=1S/C27H29N3O4S/c1-5-22-24(26(32)34-4)25(19-12-9-13-21(14-19)33-3)30-20(16-35-27(30)29-22)15-23(31)28-17(2)18-10-7-6-8-11-18/h6-14,16-17,25H,5,15H2,1-4H3,(H,28,31)/t17-,25+/m0/s1. The zero-order valence-corrected chi connectivity index (χ0v) is 21.1. The monoisotopic (exact) mass is 491 g/mol. The Bertz CT molecular complexity index is 1210. The van der Waals surface area contributed by atoms with E-state index in [1.165, 1.54) is 18.9 Å². The zero-order chi connectivity index (χ0) is 24.9. The number of amides is 1. The molecule has 0 bridgehead atoms. The Morgan fingerprint density at radius 3 is 2.60 bits per heavy atom. The van der Waals surface area contributed by atoms with Gasteiger partial charge in [-0.25, -0.2) is 9.79 Å². The number of ether oxygens (including phenoxy) is 2. The first-order valence-corrected chi connectivity index (χ1v) is 12.4. The molecular formula is C27H29N3O4S. The first kappa shape index (κ1) is 24.6. The van der Waals surface area contributed by atoms with E-state index in [0.29, 0.717) is 23.4 Å². The minimum Gasteiger partial charge on any atom is -0.497 e. The van der Waals surface area contributed by atoms with E-state index in [4.69, 9.17) is 14.5 Å². The van der Waals surface area contributed by atoms with E-state index in [2.05, 4.69) is 5.32 Å². The molecule has 1 N–H and O–H groups in total. The molecule has 0 radical (unpaired) electrons. The van der Waals surface area contributed by atoms with Crippen molar-refractivity contribution in [3.63, 3.8) is 0 Å². The van der Waals surface area contributed by atoms with Crippen molar-refractivity contribution in [1.82, 2.24) is 10.2 Å². The van der Waals surface area contributed by atoms with Gasteiger partial charge in [-0.2, -0.15) is 0 Å². The predicted octanol–water partition coefficient (Wildman–Crippen LogP) is 5.10. The van der Waals surface area contributed by atoms with Gasteiger partial charge in [0.15, 0.2) is 5.17 Å². The van der Waals surface area contributed by atoms with Gasteiger partial charge < -0.3 is 19.7 Å². The van der Waals surface area contributed by atoms with E-state index in [0.717, 1.165) is 22.0 Å². The molecular weight excluding hydrogens is 462 g/mol. The van der Waals surface area contributed by atoms with Crippen molar-refractivity contribution >= 4 is 28.8 Å². The highest BCUT2D eigenvalue weighted by atomic mass is 32.2. The maximum Gasteiger partial charge on any atom is 0.338 e. The van der Waals surface area contributed by atoms with Gasteiger partial charge in [-0.3, -0.25) is 4.79 Å². The fourth-order valence-electron chi connectivity index (χ4n) is 4.32. The molecule has 4 rings (SSSR count). The average molecular weight is 492 g/mol. The molecule has 2 heterocycles. The Morgan fingerprint density at radius 2 is 1.91 bits per heavy atom. The fourth-order valence-corrected chi connectivity index (χ4v) is 5.26. The summed E-state index contributed by atoms with van der Waals surface area (Å²) in [6.07, 6.45) is 0.729. The van der Waals surface area contributed by atoms with Crippen molar-refractivity contribution < 1.29 is 19.1 Å². The van der Waals surface area contributed by atoms with Crippen LogP contribution < -0.4 is 10.1 Å². The molecule has 2 aliphatic heterocycles. The van der Waals surface area contributed by atoms with Crippen molar-refractivity contribution in [1.29, 1.82) is 0 Å². The van der Waals surface area contributed by atoms with Crippen LogP contribution in [0.1, 0.15) is 49.9 Å². The van der Waals surface area contributed by atoms with Gasteiger partial charge in [0.1, 0.15) is 5.75 Å². The molecule has 0 aliphatic carbocycles. The summed E-state index contributed by atoms with van der Waals surface area (Å²) in [5, 5.41) is 5.75. The molecule has 1 amide bonds. The van der Waals surface area contributed by atoms with Crippen LogP contribution in [-0.2, 0) is 14.3 Å². The highest BCUT2D eigenvalue weighted by molar-refractivity contribution is 8.16. The van der Waals surface area contributed by atoms with Gasteiger partial charge in [-0.15, -0.1) is 0 Å². The third-order valence-electron chi connectivity index (χ3n) is 6.06. The number of nitrogens with zero attached hydrogens (tertiary/aromatic N) is 2. The molecule has 0 unspecified atom stereocenters. The number of methoxy groups -OCH3 is 2. The van der Waals surface area contributed by atoms with Crippen molar-refractivity contribution in [2.75, 3.05) is 14.2 Å². The second-order valence-electron chi connectivity index (χ2n) is 8.25. The average Bonchev–Trinajstić information content (AvgIpc) is 3.29. The number of esters is 1. The van der Waals surface area contributed by atoms with Crippen molar-refractivity contribution in [2.45, 2.75) is 38.8 Å². The first-order valence-electron chi connectivity index (χ1n) is 11.5. The number of carbonyl (C=O) groups excluding carboxylic acids is 2. The van der Waals surface area contributed by atoms with E-state index in [9.17, 15) is 9.59 Å². The summed E-state index contributed by atoms with van der Waals surface area (Å²) in [5.74, 6) is 0.139. The van der Waals surface area contributed by atoms with Gasteiger partial charge >= 0.3 is 5.97 Å². The van der Waals surface area contributed by atoms with Crippen LogP contribution in [0.4, 0.5) is 0 Å². The van der Waals surface area contributed by atoms with Crippen molar-refractivity contribution in [3.05, 3.63) is 88.1 Å². The van der Waals surface area contributed by atoms with E-state index in [1.54, 1.807) is 7.11 Å². The normalized spacial score (nSPS) is 17.8. The quantitative estimate of drug-likeness (QED) is 0.518. The van der Waals surface area contributed by atoms with Crippen molar-refractivity contribution in [3.8, 4) is 5.75 Å². The van der Waals surface area contributed by atoms with Crippen LogP contribution >= 0.6 is 11.8 Å². The minimum atomic E-state index is -0.486. The fraction of sp³-hybridized carbons (Fsp3) is 0.296. The predicted molar refractivity (Wildman–Crippen MR) is 138 cm³/mol. The maximum absolute atomic E-state index is 13.0. The Labute approximate surface area is 209 Å². The van der Waals surface area contributed by atoms with Crippen LogP contribution in [0.5, 0.6) is 5.75 Å². The summed E-state index contributed by atoms with van der Waals surface area (Å²) in [4.78, 5) is 32.8. The van der Waals surface area contributed by atoms with Crippen LogP contribution in [0.15, 0.2) is 82.0 Å². The molecule has 0 fully saturated rings. The molecule has 2 aromatic carbocycles. The molecule has 0 aromatic heterocycles. The molecule has 35 heavy (non-hydrogen) atoms. The smallest absolute Gasteiger partial charge is 0.338 e. The summed E-state index contributed by atoms with van der Waals surface area (Å²) in [5.41, 5.74) is 3.82. The maximum atomic E-state index is 13.0. The molecule has 2 atom stereocenters. The van der Waals surface area contributed by atoms with E-state index >= 15 is 0 Å². The SMILES string of the molecule is CCC1=C(C(=O)OC)[C@@H](c2cccc(OC)c2)N2C(CC(=O)N[C@@H](C)c3ccccc3)=CSC2=N1. The number of carbonyl (C=O) groups is 2. The zero-order valence-electron chi connectivity index (χ0n) is 20.3. The molecule has 182 valence electrons. The number of hydrogen-bond donors (Lipinski definition) is 1. The number of aliphatic imine (C=N–C) groups is 1. The molecule has 7 nitrogen and oxygen atoms in total. The van der Waals surface area contributed by atoms with Gasteiger partial charge in [-0.1, -0.05) is 61.2 Å². The highest BCUT2D eigenvalue weighted by Crippen LogP contribution is 2.45. The Hall–Kier alpha value is -3.52. The summed E-state index contributed by atoms with van der Waals surface area (Å²) in [6.45, 7) is 3.93. The Morgan fingerprint density at radius 1 is 1.14 bits per heavy atom. The highest BCUT2D eigenvalue weighted by Gasteiger charge is 2.41. The molecule has 8 heteroatoms. The van der Waals surface area contributed by atoms with Gasteiger partial charge in [0.2, 0.25) is 5.91 Å². The summed E-state index contributed by atoms with van der Waals surface area (Å²) in [6, 6.07) is 16.8. The molecule has 2 aliphatic rings. The minimum absolute atomic E-state index is 0.108. The van der Waals surface area contributed by atoms with Crippen LogP contribution in [-0.4, -0.2) is 36.2 Å². The second kappa shape index (κ2) is 10.8. The number of hydrogen-bond acceptors (Lipinski definition) is 7. The number of thioether (sulfide) groups is 1. The molecule has 0 saturated carbocycles. The van der Waals surface area contributed by atoms with Crippen molar-refractivity contribution in [2.24, 2.45) is 4.99 Å². The summed E-state index contributed by atoms with van der Waals surface area (Å²) in [7, 11) is 2.98. The van der Waals surface area contributed by atoms with Crippen LogP contribution in [0.3, 0.4) is 0 Å². The number of nitrogens with one attached hydrogen (secondary N) is 1. The van der Waals surface area contributed by atoms with E-state index in [1.807, 2.05) is 78.8 Å². The lowest BCUT2D eigenvalue weighted by Crippen LogP contribution is -2.38. The molecule has 0 saturated heterocycles. The van der Waals surface area contributed by atoms with Gasteiger partial charge in [0.25, 0.3) is 0 Å². The summed E-state index contributed by atoms with van der Waals surface area (Å²) >= 11 is 1.46. The van der Waals surface area contributed by atoms with E-state index < -0.39 is 12.0 Å². The van der Waals surface area contributed by atoms with Gasteiger partial charge in [-0.05, 0) is 42.0 Å².